The molecule has 2 atom stereocenters. The van der Waals surface area contributed by atoms with Crippen molar-refractivity contribution >= 4 is 11.6 Å². The van der Waals surface area contributed by atoms with Crippen LogP contribution in [0.5, 0.6) is 11.5 Å². The maximum atomic E-state index is 6.35. The third-order valence-corrected chi connectivity index (χ3v) is 4.29. The standard InChI is InChI=1S/C15H19ClO2/c16-13-4-2-1-3-11(9-13)12-5-6-14-15(10-12)18-8-7-17-14/h5-6,10-11,13H,1-4,7-9H2. The molecule has 2 nitrogen and oxygen atoms in total. The van der Waals surface area contributed by atoms with Crippen LogP contribution in [0.4, 0.5) is 0 Å². The van der Waals surface area contributed by atoms with E-state index in [1.807, 2.05) is 6.07 Å². The van der Waals surface area contributed by atoms with Gasteiger partial charge in [0.2, 0.25) is 0 Å². The van der Waals surface area contributed by atoms with Crippen LogP contribution in [-0.2, 0) is 0 Å². The molecule has 0 saturated heterocycles. The Labute approximate surface area is 113 Å². The fourth-order valence-corrected chi connectivity index (χ4v) is 3.29. The number of benzene rings is 1. The molecule has 1 heterocycles. The molecule has 0 radical (unpaired) electrons. The molecule has 98 valence electrons. The van der Waals surface area contributed by atoms with Gasteiger partial charge in [-0.3, -0.25) is 0 Å². The molecule has 0 amide bonds. The number of halogens is 1. The predicted octanol–water partition coefficient (Wildman–Crippen LogP) is 4.11. The lowest BCUT2D eigenvalue weighted by Gasteiger charge is -2.22. The van der Waals surface area contributed by atoms with Crippen molar-refractivity contribution in [1.82, 2.24) is 0 Å². The fraction of sp³-hybridized carbons (Fsp3) is 0.600. The van der Waals surface area contributed by atoms with E-state index in [9.17, 15) is 0 Å². The van der Waals surface area contributed by atoms with Crippen molar-refractivity contribution in [3.05, 3.63) is 23.8 Å². The molecule has 1 aromatic carbocycles. The van der Waals surface area contributed by atoms with Crippen LogP contribution in [-0.4, -0.2) is 18.6 Å². The second-order valence-electron chi connectivity index (χ2n) is 5.22. The van der Waals surface area contributed by atoms with Crippen LogP contribution in [0.25, 0.3) is 0 Å². The molecule has 1 aromatic rings. The van der Waals surface area contributed by atoms with Crippen molar-refractivity contribution in [3.63, 3.8) is 0 Å². The van der Waals surface area contributed by atoms with Crippen molar-refractivity contribution in [2.45, 2.75) is 43.4 Å². The normalized spacial score (nSPS) is 27.6. The van der Waals surface area contributed by atoms with Gasteiger partial charge in [-0.05, 0) is 42.9 Å². The molecular formula is C15H19ClO2. The first-order valence-electron chi connectivity index (χ1n) is 6.86. The van der Waals surface area contributed by atoms with Crippen LogP contribution < -0.4 is 9.47 Å². The molecule has 1 fully saturated rings. The van der Waals surface area contributed by atoms with Gasteiger partial charge in [-0.15, -0.1) is 11.6 Å². The molecule has 3 heteroatoms. The molecule has 0 spiro atoms. The monoisotopic (exact) mass is 266 g/mol. The molecule has 0 bridgehead atoms. The summed E-state index contributed by atoms with van der Waals surface area (Å²) in [5, 5.41) is 0.325. The number of fused-ring (bicyclic) bond motifs is 1. The number of hydrogen-bond acceptors (Lipinski definition) is 2. The Morgan fingerprint density at radius 3 is 2.67 bits per heavy atom. The topological polar surface area (TPSA) is 18.5 Å². The van der Waals surface area contributed by atoms with E-state index in [-0.39, 0.29) is 0 Å². The van der Waals surface area contributed by atoms with Gasteiger partial charge in [0.1, 0.15) is 13.2 Å². The van der Waals surface area contributed by atoms with Crippen molar-refractivity contribution in [2.75, 3.05) is 13.2 Å². The lowest BCUT2D eigenvalue weighted by Crippen LogP contribution is -2.15. The summed E-state index contributed by atoms with van der Waals surface area (Å²) in [5.41, 5.74) is 1.35. The highest BCUT2D eigenvalue weighted by Crippen LogP contribution is 2.38. The van der Waals surface area contributed by atoms with E-state index in [1.54, 1.807) is 0 Å². The Balaban J connectivity index is 1.82. The molecule has 1 saturated carbocycles. The summed E-state index contributed by atoms with van der Waals surface area (Å²) < 4.78 is 11.2. The summed E-state index contributed by atoms with van der Waals surface area (Å²) in [7, 11) is 0. The van der Waals surface area contributed by atoms with Crippen LogP contribution in [0.2, 0.25) is 0 Å². The van der Waals surface area contributed by atoms with Crippen LogP contribution in [0.15, 0.2) is 18.2 Å². The summed E-state index contributed by atoms with van der Waals surface area (Å²) in [5.74, 6) is 2.35. The van der Waals surface area contributed by atoms with Crippen LogP contribution in [0, 0.1) is 0 Å². The molecule has 0 aromatic heterocycles. The summed E-state index contributed by atoms with van der Waals surface area (Å²) >= 11 is 6.35. The highest BCUT2D eigenvalue weighted by Gasteiger charge is 2.22. The minimum Gasteiger partial charge on any atom is -0.486 e. The largest absolute Gasteiger partial charge is 0.486 e. The number of ether oxygens (including phenoxy) is 2. The zero-order valence-corrected chi connectivity index (χ0v) is 11.3. The Bertz CT molecular complexity index is 419. The Kier molecular flexibility index (Phi) is 3.64. The van der Waals surface area contributed by atoms with Crippen LogP contribution >= 0.6 is 11.6 Å². The minimum absolute atomic E-state index is 0.325. The third-order valence-electron chi connectivity index (χ3n) is 3.90. The predicted molar refractivity (Wildman–Crippen MR) is 72.9 cm³/mol. The molecule has 1 aliphatic heterocycles. The molecule has 2 aliphatic rings. The van der Waals surface area contributed by atoms with Gasteiger partial charge < -0.3 is 9.47 Å². The first kappa shape index (κ1) is 12.2. The van der Waals surface area contributed by atoms with Crippen molar-refractivity contribution < 1.29 is 9.47 Å². The SMILES string of the molecule is ClC1CCCCC(c2ccc3c(c2)OCCO3)C1. The van der Waals surface area contributed by atoms with E-state index < -0.39 is 0 Å². The van der Waals surface area contributed by atoms with Gasteiger partial charge in [0.05, 0.1) is 0 Å². The van der Waals surface area contributed by atoms with E-state index in [0.29, 0.717) is 24.5 Å². The second-order valence-corrected chi connectivity index (χ2v) is 5.83. The second kappa shape index (κ2) is 5.40. The summed E-state index contributed by atoms with van der Waals surface area (Å²) in [4.78, 5) is 0. The van der Waals surface area contributed by atoms with Crippen molar-refractivity contribution in [3.8, 4) is 11.5 Å². The van der Waals surface area contributed by atoms with Gasteiger partial charge in [0.15, 0.2) is 11.5 Å². The van der Waals surface area contributed by atoms with Gasteiger partial charge >= 0.3 is 0 Å². The summed E-state index contributed by atoms with van der Waals surface area (Å²) in [6, 6.07) is 6.36. The third kappa shape index (κ3) is 2.59. The summed E-state index contributed by atoms with van der Waals surface area (Å²) in [6.07, 6.45) is 6.02. The summed E-state index contributed by atoms with van der Waals surface area (Å²) in [6.45, 7) is 1.30. The van der Waals surface area contributed by atoms with E-state index >= 15 is 0 Å². The average molecular weight is 267 g/mol. The van der Waals surface area contributed by atoms with E-state index in [4.69, 9.17) is 21.1 Å². The van der Waals surface area contributed by atoms with Crippen molar-refractivity contribution in [1.29, 1.82) is 0 Å². The lowest BCUT2D eigenvalue weighted by molar-refractivity contribution is 0.171. The number of alkyl halides is 1. The van der Waals surface area contributed by atoms with Gasteiger partial charge in [0.25, 0.3) is 0 Å². The van der Waals surface area contributed by atoms with Gasteiger partial charge in [-0.1, -0.05) is 18.9 Å². The quantitative estimate of drug-likeness (QED) is 0.562. The fourth-order valence-electron chi connectivity index (χ4n) is 2.92. The van der Waals surface area contributed by atoms with Gasteiger partial charge in [0, 0.05) is 5.38 Å². The van der Waals surface area contributed by atoms with Gasteiger partial charge in [-0.25, -0.2) is 0 Å². The lowest BCUT2D eigenvalue weighted by atomic mass is 9.91. The van der Waals surface area contributed by atoms with E-state index in [0.717, 1.165) is 24.3 Å². The average Bonchev–Trinajstić information content (AvgIpc) is 2.63. The van der Waals surface area contributed by atoms with E-state index in [2.05, 4.69) is 12.1 Å². The number of rotatable bonds is 1. The first-order chi connectivity index (χ1) is 8.83. The van der Waals surface area contributed by atoms with E-state index in [1.165, 1.54) is 24.8 Å². The molecular weight excluding hydrogens is 248 g/mol. The number of hydrogen-bond donors (Lipinski definition) is 0. The first-order valence-corrected chi connectivity index (χ1v) is 7.30. The molecule has 0 N–H and O–H groups in total. The maximum absolute atomic E-state index is 6.35. The Morgan fingerprint density at radius 2 is 1.78 bits per heavy atom. The molecule has 2 unspecified atom stereocenters. The van der Waals surface area contributed by atoms with Crippen LogP contribution in [0.3, 0.4) is 0 Å². The zero-order valence-electron chi connectivity index (χ0n) is 10.5. The Hall–Kier alpha value is -0.890. The maximum Gasteiger partial charge on any atom is 0.161 e. The van der Waals surface area contributed by atoms with Crippen LogP contribution in [0.1, 0.15) is 43.6 Å². The highest BCUT2D eigenvalue weighted by atomic mass is 35.5. The highest BCUT2D eigenvalue weighted by molar-refractivity contribution is 6.20. The molecule has 18 heavy (non-hydrogen) atoms. The smallest absolute Gasteiger partial charge is 0.161 e. The molecule has 1 aliphatic carbocycles. The zero-order chi connectivity index (χ0) is 12.4. The Morgan fingerprint density at radius 1 is 1.00 bits per heavy atom. The minimum atomic E-state index is 0.325. The van der Waals surface area contributed by atoms with Gasteiger partial charge in [-0.2, -0.15) is 0 Å². The van der Waals surface area contributed by atoms with Crippen molar-refractivity contribution in [2.24, 2.45) is 0 Å². The molecule has 3 rings (SSSR count).